The van der Waals surface area contributed by atoms with Crippen molar-refractivity contribution in [2.45, 2.75) is 13.8 Å². The van der Waals surface area contributed by atoms with E-state index in [4.69, 9.17) is 4.74 Å². The van der Waals surface area contributed by atoms with Gasteiger partial charge < -0.3 is 9.64 Å². The second-order valence-electron chi connectivity index (χ2n) is 4.48. The van der Waals surface area contributed by atoms with Crippen LogP contribution in [-0.2, 0) is 0 Å². The highest BCUT2D eigenvalue weighted by molar-refractivity contribution is 5.97. The quantitative estimate of drug-likeness (QED) is 0.709. The molecule has 0 radical (unpaired) electrons. The molecule has 0 aromatic heterocycles. The van der Waals surface area contributed by atoms with Crippen LogP contribution in [0.1, 0.15) is 24.2 Å². The van der Waals surface area contributed by atoms with Gasteiger partial charge in [0, 0.05) is 18.0 Å². The predicted octanol–water partition coefficient (Wildman–Crippen LogP) is 2.47. The summed E-state index contributed by atoms with van der Waals surface area (Å²) < 4.78 is 5.35. The number of Topliss-reactive ketones (excluding diaryl/α,β-unsaturated/α-hetero) is 1. The molecule has 17 heavy (non-hydrogen) atoms. The van der Waals surface area contributed by atoms with Gasteiger partial charge in [-0.1, -0.05) is 6.92 Å². The van der Waals surface area contributed by atoms with Crippen molar-refractivity contribution < 1.29 is 9.53 Å². The summed E-state index contributed by atoms with van der Waals surface area (Å²) in [5.74, 6) is 1.01. The largest absolute Gasteiger partial charge is 0.494 e. The topological polar surface area (TPSA) is 29.5 Å². The number of carbonyl (C=O) groups excluding carboxylic acids is 1. The predicted molar refractivity (Wildman–Crippen MR) is 69.7 cm³/mol. The fraction of sp³-hybridized carbons (Fsp3) is 0.500. The fourth-order valence-electron chi connectivity index (χ4n) is 1.80. The average molecular weight is 235 g/mol. The van der Waals surface area contributed by atoms with Crippen molar-refractivity contribution in [1.29, 1.82) is 0 Å². The first-order valence-electron chi connectivity index (χ1n) is 5.96. The van der Waals surface area contributed by atoms with Crippen molar-refractivity contribution in [3.8, 4) is 5.75 Å². The van der Waals surface area contributed by atoms with Gasteiger partial charge >= 0.3 is 0 Å². The Kier molecular flexibility index (Phi) is 5.16. The van der Waals surface area contributed by atoms with Crippen LogP contribution in [0.2, 0.25) is 0 Å². The van der Waals surface area contributed by atoms with Crippen molar-refractivity contribution >= 4 is 5.78 Å². The molecule has 0 heterocycles. The number of nitrogens with zero attached hydrogens (tertiary/aromatic N) is 1. The minimum atomic E-state index is 0.0166. The highest BCUT2D eigenvalue weighted by Crippen LogP contribution is 2.15. The molecule has 1 aromatic rings. The van der Waals surface area contributed by atoms with E-state index >= 15 is 0 Å². The number of hydrogen-bond acceptors (Lipinski definition) is 3. The molecule has 1 atom stereocenters. The van der Waals surface area contributed by atoms with E-state index in [-0.39, 0.29) is 11.7 Å². The van der Waals surface area contributed by atoms with Gasteiger partial charge in [-0.15, -0.1) is 0 Å². The third-order valence-electron chi connectivity index (χ3n) is 2.54. The Morgan fingerprint density at radius 1 is 1.29 bits per heavy atom. The second-order valence-corrected chi connectivity index (χ2v) is 4.48. The van der Waals surface area contributed by atoms with Gasteiger partial charge in [-0.05, 0) is 45.3 Å². The highest BCUT2D eigenvalue weighted by atomic mass is 16.5. The van der Waals surface area contributed by atoms with E-state index in [1.54, 1.807) is 0 Å². The van der Waals surface area contributed by atoms with E-state index in [1.165, 1.54) is 0 Å². The number of ether oxygens (including phenoxy) is 1. The lowest BCUT2D eigenvalue weighted by atomic mass is 9.99. The Labute approximate surface area is 103 Å². The minimum absolute atomic E-state index is 0.0166. The zero-order valence-corrected chi connectivity index (χ0v) is 11.1. The maximum atomic E-state index is 12.1. The molecule has 0 aliphatic rings. The molecule has 3 heteroatoms. The molecule has 0 fully saturated rings. The zero-order chi connectivity index (χ0) is 12.8. The Morgan fingerprint density at radius 2 is 1.88 bits per heavy atom. The van der Waals surface area contributed by atoms with Gasteiger partial charge in [0.1, 0.15) is 5.75 Å². The summed E-state index contributed by atoms with van der Waals surface area (Å²) in [5, 5.41) is 0. The van der Waals surface area contributed by atoms with Crippen LogP contribution in [0.5, 0.6) is 5.75 Å². The van der Waals surface area contributed by atoms with Gasteiger partial charge in [-0.3, -0.25) is 4.79 Å². The van der Waals surface area contributed by atoms with E-state index in [1.807, 2.05) is 57.1 Å². The van der Waals surface area contributed by atoms with Crippen LogP contribution in [-0.4, -0.2) is 37.9 Å². The number of benzene rings is 1. The van der Waals surface area contributed by atoms with Gasteiger partial charge in [0.2, 0.25) is 0 Å². The molecule has 0 aliphatic carbocycles. The fourth-order valence-corrected chi connectivity index (χ4v) is 1.80. The van der Waals surface area contributed by atoms with Gasteiger partial charge in [-0.25, -0.2) is 0 Å². The lowest BCUT2D eigenvalue weighted by molar-refractivity contribution is 0.0910. The Morgan fingerprint density at radius 3 is 2.35 bits per heavy atom. The summed E-state index contributed by atoms with van der Waals surface area (Å²) in [5.41, 5.74) is 0.753. The van der Waals surface area contributed by atoms with Crippen LogP contribution >= 0.6 is 0 Å². The monoisotopic (exact) mass is 235 g/mol. The molecule has 94 valence electrons. The lowest BCUT2D eigenvalue weighted by Crippen LogP contribution is -2.25. The Hall–Kier alpha value is -1.35. The maximum absolute atomic E-state index is 12.1. The number of hydrogen-bond donors (Lipinski definition) is 0. The van der Waals surface area contributed by atoms with Crippen molar-refractivity contribution in [2.24, 2.45) is 5.92 Å². The standard InChI is InChI=1S/C14H21NO2/c1-5-17-13-8-6-12(7-9-13)14(16)11(2)10-15(3)4/h6-9,11H,5,10H2,1-4H3. The van der Waals surface area contributed by atoms with Crippen molar-refractivity contribution in [3.05, 3.63) is 29.8 Å². The van der Waals surface area contributed by atoms with E-state index in [0.29, 0.717) is 6.61 Å². The first-order valence-corrected chi connectivity index (χ1v) is 5.96. The first kappa shape index (κ1) is 13.7. The molecule has 0 bridgehead atoms. The molecule has 0 aliphatic heterocycles. The SMILES string of the molecule is CCOc1ccc(C(=O)C(C)CN(C)C)cc1. The molecule has 0 amide bonds. The third kappa shape index (κ3) is 4.19. The molecule has 1 aromatic carbocycles. The van der Waals surface area contributed by atoms with Crippen molar-refractivity contribution in [2.75, 3.05) is 27.2 Å². The van der Waals surface area contributed by atoms with Gasteiger partial charge in [0.05, 0.1) is 6.61 Å². The summed E-state index contributed by atoms with van der Waals surface area (Å²) in [4.78, 5) is 14.1. The van der Waals surface area contributed by atoms with Crippen LogP contribution in [0, 0.1) is 5.92 Å². The molecular formula is C14H21NO2. The molecule has 1 rings (SSSR count). The van der Waals surface area contributed by atoms with Gasteiger partial charge in [0.15, 0.2) is 5.78 Å². The highest BCUT2D eigenvalue weighted by Gasteiger charge is 2.15. The molecule has 0 spiro atoms. The maximum Gasteiger partial charge on any atom is 0.166 e. The smallest absolute Gasteiger partial charge is 0.166 e. The Bertz CT molecular complexity index is 357. The van der Waals surface area contributed by atoms with Crippen molar-refractivity contribution in [1.82, 2.24) is 4.90 Å². The third-order valence-corrected chi connectivity index (χ3v) is 2.54. The number of carbonyl (C=O) groups is 1. The molecule has 3 nitrogen and oxygen atoms in total. The lowest BCUT2D eigenvalue weighted by Gasteiger charge is -2.15. The minimum Gasteiger partial charge on any atom is -0.494 e. The molecule has 0 saturated carbocycles. The van der Waals surface area contributed by atoms with Crippen LogP contribution in [0.15, 0.2) is 24.3 Å². The number of ketones is 1. The van der Waals surface area contributed by atoms with E-state index in [0.717, 1.165) is 17.9 Å². The first-order chi connectivity index (χ1) is 8.04. The number of rotatable bonds is 6. The summed E-state index contributed by atoms with van der Waals surface area (Å²) in [6.45, 7) is 5.31. The van der Waals surface area contributed by atoms with Crippen LogP contribution in [0.3, 0.4) is 0 Å². The van der Waals surface area contributed by atoms with Crippen molar-refractivity contribution in [3.63, 3.8) is 0 Å². The summed E-state index contributed by atoms with van der Waals surface area (Å²) in [6, 6.07) is 7.36. The summed E-state index contributed by atoms with van der Waals surface area (Å²) in [6.07, 6.45) is 0. The van der Waals surface area contributed by atoms with Crippen LogP contribution in [0.25, 0.3) is 0 Å². The van der Waals surface area contributed by atoms with E-state index < -0.39 is 0 Å². The van der Waals surface area contributed by atoms with E-state index in [2.05, 4.69) is 0 Å². The summed E-state index contributed by atoms with van der Waals surface area (Å²) in [7, 11) is 3.95. The van der Waals surface area contributed by atoms with E-state index in [9.17, 15) is 4.79 Å². The second kappa shape index (κ2) is 6.40. The molecule has 1 unspecified atom stereocenters. The molecule has 0 N–H and O–H groups in total. The normalized spacial score (nSPS) is 12.5. The molecular weight excluding hydrogens is 214 g/mol. The van der Waals surface area contributed by atoms with Gasteiger partial charge in [0.25, 0.3) is 0 Å². The average Bonchev–Trinajstić information content (AvgIpc) is 2.28. The van der Waals surface area contributed by atoms with Gasteiger partial charge in [-0.2, -0.15) is 0 Å². The van der Waals surface area contributed by atoms with Crippen LogP contribution in [0.4, 0.5) is 0 Å². The van der Waals surface area contributed by atoms with Crippen LogP contribution < -0.4 is 4.74 Å². The Balaban J connectivity index is 2.69. The zero-order valence-electron chi connectivity index (χ0n) is 11.1. The summed E-state index contributed by atoms with van der Waals surface area (Å²) >= 11 is 0. The molecule has 0 saturated heterocycles.